The van der Waals surface area contributed by atoms with Gasteiger partial charge >= 0.3 is 0 Å². The van der Waals surface area contributed by atoms with Gasteiger partial charge in [-0.05, 0) is 44.7 Å². The lowest BCUT2D eigenvalue weighted by molar-refractivity contribution is 0.144. The standard InChI is InChI=1S/C13H23N5/c1-17-9-12(15-16-17)10-18-7-3-4-11(8-18)13-5-2-6-14-13/h9,11,13-14H,2-8,10H2,1H3. The van der Waals surface area contributed by atoms with Crippen molar-refractivity contribution in [1.29, 1.82) is 0 Å². The SMILES string of the molecule is Cn1cc(CN2CCCC(C3CCCN3)C2)nn1. The first-order valence-corrected chi connectivity index (χ1v) is 7.12. The maximum absolute atomic E-state index is 4.19. The molecule has 2 fully saturated rings. The molecule has 3 heterocycles. The van der Waals surface area contributed by atoms with E-state index in [1.54, 1.807) is 4.68 Å². The Hall–Kier alpha value is -0.940. The summed E-state index contributed by atoms with van der Waals surface area (Å²) in [4.78, 5) is 2.54. The Kier molecular flexibility index (Phi) is 3.61. The molecule has 2 aliphatic heterocycles. The molecule has 1 aromatic rings. The molecule has 5 nitrogen and oxygen atoms in total. The molecule has 0 aliphatic carbocycles. The molecular weight excluding hydrogens is 226 g/mol. The zero-order valence-corrected chi connectivity index (χ0v) is 11.2. The van der Waals surface area contributed by atoms with Crippen LogP contribution >= 0.6 is 0 Å². The summed E-state index contributed by atoms with van der Waals surface area (Å²) < 4.78 is 1.79. The van der Waals surface area contributed by atoms with Crippen LogP contribution in [0.1, 0.15) is 31.4 Å². The number of hydrogen-bond acceptors (Lipinski definition) is 4. The van der Waals surface area contributed by atoms with Crippen molar-refractivity contribution in [2.75, 3.05) is 19.6 Å². The average molecular weight is 249 g/mol. The summed E-state index contributed by atoms with van der Waals surface area (Å²) in [6.45, 7) is 4.59. The van der Waals surface area contributed by atoms with E-state index < -0.39 is 0 Å². The first-order valence-electron chi connectivity index (χ1n) is 7.12. The lowest BCUT2D eigenvalue weighted by atomic mass is 9.90. The molecule has 0 saturated carbocycles. The van der Waals surface area contributed by atoms with E-state index in [1.807, 2.05) is 13.2 Å². The molecule has 2 unspecified atom stereocenters. The number of aromatic nitrogens is 3. The minimum Gasteiger partial charge on any atom is -0.314 e. The van der Waals surface area contributed by atoms with Gasteiger partial charge in [-0.3, -0.25) is 9.58 Å². The highest BCUT2D eigenvalue weighted by Gasteiger charge is 2.29. The number of rotatable bonds is 3. The first kappa shape index (κ1) is 12.1. The molecule has 2 aliphatic rings. The van der Waals surface area contributed by atoms with Crippen LogP contribution in [0.5, 0.6) is 0 Å². The zero-order chi connectivity index (χ0) is 12.4. The van der Waals surface area contributed by atoms with E-state index in [4.69, 9.17) is 0 Å². The number of nitrogens with one attached hydrogen (secondary N) is 1. The summed E-state index contributed by atoms with van der Waals surface area (Å²) in [5.74, 6) is 0.831. The highest BCUT2D eigenvalue weighted by atomic mass is 15.4. The molecule has 1 aromatic heterocycles. The average Bonchev–Trinajstić information content (AvgIpc) is 3.01. The van der Waals surface area contributed by atoms with E-state index in [-0.39, 0.29) is 0 Å². The lowest BCUT2D eigenvalue weighted by Gasteiger charge is -2.35. The van der Waals surface area contributed by atoms with Gasteiger partial charge in [0.15, 0.2) is 0 Å². The van der Waals surface area contributed by atoms with Crippen LogP contribution in [0, 0.1) is 5.92 Å². The van der Waals surface area contributed by atoms with Gasteiger partial charge in [0, 0.05) is 32.4 Å². The summed E-state index contributed by atoms with van der Waals surface area (Å²) in [6, 6.07) is 0.759. The molecule has 1 N–H and O–H groups in total. The minimum absolute atomic E-state index is 0.759. The van der Waals surface area contributed by atoms with Crippen LogP contribution in [-0.4, -0.2) is 45.6 Å². The summed E-state index contributed by atoms with van der Waals surface area (Å²) >= 11 is 0. The van der Waals surface area contributed by atoms with Gasteiger partial charge in [0.1, 0.15) is 0 Å². The van der Waals surface area contributed by atoms with Gasteiger partial charge < -0.3 is 5.32 Å². The van der Waals surface area contributed by atoms with Gasteiger partial charge in [0.2, 0.25) is 0 Å². The second-order valence-electron chi connectivity index (χ2n) is 5.72. The fraction of sp³-hybridized carbons (Fsp3) is 0.846. The van der Waals surface area contributed by atoms with Crippen molar-refractivity contribution in [3.05, 3.63) is 11.9 Å². The lowest BCUT2D eigenvalue weighted by Crippen LogP contribution is -2.43. The third kappa shape index (κ3) is 2.72. The second-order valence-corrected chi connectivity index (χ2v) is 5.72. The fourth-order valence-electron chi connectivity index (χ4n) is 3.37. The Balaban J connectivity index is 1.56. The predicted molar refractivity (Wildman–Crippen MR) is 70.0 cm³/mol. The molecule has 0 radical (unpaired) electrons. The quantitative estimate of drug-likeness (QED) is 0.860. The number of nitrogens with zero attached hydrogens (tertiary/aromatic N) is 4. The van der Waals surface area contributed by atoms with Gasteiger partial charge in [-0.25, -0.2) is 0 Å². The molecule has 5 heteroatoms. The highest BCUT2D eigenvalue weighted by Crippen LogP contribution is 2.25. The van der Waals surface area contributed by atoms with E-state index in [9.17, 15) is 0 Å². The van der Waals surface area contributed by atoms with Crippen molar-refractivity contribution >= 4 is 0 Å². The second kappa shape index (κ2) is 5.36. The van der Waals surface area contributed by atoms with Crippen molar-refractivity contribution in [2.24, 2.45) is 13.0 Å². The predicted octanol–water partition coefficient (Wildman–Crippen LogP) is 0.779. The van der Waals surface area contributed by atoms with Crippen LogP contribution in [0.3, 0.4) is 0 Å². The summed E-state index contributed by atoms with van der Waals surface area (Å²) in [5, 5.41) is 11.9. The van der Waals surface area contributed by atoms with E-state index in [1.165, 1.54) is 45.3 Å². The molecule has 0 spiro atoms. The van der Waals surface area contributed by atoms with Crippen LogP contribution in [0.25, 0.3) is 0 Å². The molecule has 2 atom stereocenters. The maximum Gasteiger partial charge on any atom is 0.0967 e. The van der Waals surface area contributed by atoms with Gasteiger partial charge in [0.25, 0.3) is 0 Å². The van der Waals surface area contributed by atoms with E-state index >= 15 is 0 Å². The topological polar surface area (TPSA) is 46.0 Å². The number of piperidine rings is 1. The van der Waals surface area contributed by atoms with E-state index in [0.717, 1.165) is 24.2 Å². The molecule has 2 saturated heterocycles. The number of likely N-dealkylation sites (tertiary alicyclic amines) is 1. The van der Waals surface area contributed by atoms with Crippen molar-refractivity contribution in [2.45, 2.75) is 38.3 Å². The third-order valence-corrected chi connectivity index (χ3v) is 4.25. The van der Waals surface area contributed by atoms with Gasteiger partial charge in [0.05, 0.1) is 5.69 Å². The summed E-state index contributed by atoms with van der Waals surface area (Å²) in [6.07, 6.45) is 7.45. The molecule has 18 heavy (non-hydrogen) atoms. The Labute approximate surface area is 109 Å². The van der Waals surface area contributed by atoms with Crippen molar-refractivity contribution in [3.63, 3.8) is 0 Å². The van der Waals surface area contributed by atoms with E-state index in [2.05, 4.69) is 20.5 Å². The van der Waals surface area contributed by atoms with Crippen LogP contribution in [-0.2, 0) is 13.6 Å². The Morgan fingerprint density at radius 3 is 3.06 bits per heavy atom. The Bertz CT molecular complexity index is 382. The third-order valence-electron chi connectivity index (χ3n) is 4.25. The molecule has 3 rings (SSSR count). The molecule has 0 amide bonds. The Morgan fingerprint density at radius 1 is 1.39 bits per heavy atom. The summed E-state index contributed by atoms with van der Waals surface area (Å²) in [7, 11) is 1.93. The normalized spacial score (nSPS) is 29.8. The van der Waals surface area contributed by atoms with E-state index in [0.29, 0.717) is 0 Å². The van der Waals surface area contributed by atoms with Gasteiger partial charge in [-0.2, -0.15) is 0 Å². The molecule has 0 aromatic carbocycles. The molecular formula is C13H23N5. The minimum atomic E-state index is 0.759. The first-order chi connectivity index (χ1) is 8.81. The molecule has 100 valence electrons. The van der Waals surface area contributed by atoms with Crippen molar-refractivity contribution in [3.8, 4) is 0 Å². The number of hydrogen-bond donors (Lipinski definition) is 1. The Morgan fingerprint density at radius 2 is 2.33 bits per heavy atom. The van der Waals surface area contributed by atoms with Crippen LogP contribution in [0.2, 0.25) is 0 Å². The van der Waals surface area contributed by atoms with Crippen molar-refractivity contribution in [1.82, 2.24) is 25.2 Å². The fourth-order valence-corrected chi connectivity index (χ4v) is 3.37. The largest absolute Gasteiger partial charge is 0.314 e. The highest BCUT2D eigenvalue weighted by molar-refractivity contribution is 4.94. The number of aryl methyl sites for hydroxylation is 1. The van der Waals surface area contributed by atoms with Gasteiger partial charge in [-0.1, -0.05) is 5.21 Å². The van der Waals surface area contributed by atoms with Crippen molar-refractivity contribution < 1.29 is 0 Å². The van der Waals surface area contributed by atoms with Crippen LogP contribution in [0.4, 0.5) is 0 Å². The zero-order valence-electron chi connectivity index (χ0n) is 11.2. The van der Waals surface area contributed by atoms with Crippen LogP contribution in [0.15, 0.2) is 6.20 Å². The smallest absolute Gasteiger partial charge is 0.0967 e. The van der Waals surface area contributed by atoms with Crippen LogP contribution < -0.4 is 5.32 Å². The molecule has 0 bridgehead atoms. The monoisotopic (exact) mass is 249 g/mol. The summed E-state index contributed by atoms with van der Waals surface area (Å²) in [5.41, 5.74) is 1.09. The maximum atomic E-state index is 4.19. The van der Waals surface area contributed by atoms with Gasteiger partial charge in [-0.15, -0.1) is 5.10 Å².